The Labute approximate surface area is 127 Å². The van der Waals surface area contributed by atoms with E-state index in [0.29, 0.717) is 6.54 Å². The molecule has 0 bridgehead atoms. The van der Waals surface area contributed by atoms with Crippen molar-refractivity contribution < 1.29 is 4.42 Å². The smallest absolute Gasteiger partial charge is 0.199 e. The van der Waals surface area contributed by atoms with Crippen LogP contribution < -0.4 is 5.73 Å². The molecule has 1 heterocycles. The van der Waals surface area contributed by atoms with Gasteiger partial charge < -0.3 is 10.2 Å². The van der Waals surface area contributed by atoms with Gasteiger partial charge in [0.05, 0.1) is 0 Å². The molecule has 21 heavy (non-hydrogen) atoms. The summed E-state index contributed by atoms with van der Waals surface area (Å²) in [6, 6.07) is 6.28. The molecule has 2 aromatic rings. The number of hydrogen-bond acceptors (Lipinski definition) is 3. The van der Waals surface area contributed by atoms with E-state index in [2.05, 4.69) is 53.7 Å². The van der Waals surface area contributed by atoms with E-state index in [9.17, 15) is 0 Å². The highest BCUT2D eigenvalue weighted by Crippen LogP contribution is 2.33. The Morgan fingerprint density at radius 1 is 1.14 bits per heavy atom. The predicted octanol–water partition coefficient (Wildman–Crippen LogP) is 4.60. The zero-order valence-electron chi connectivity index (χ0n) is 14.2. The van der Waals surface area contributed by atoms with Crippen LogP contribution in [-0.2, 0) is 5.41 Å². The van der Waals surface area contributed by atoms with Crippen LogP contribution in [0, 0.1) is 5.41 Å². The summed E-state index contributed by atoms with van der Waals surface area (Å²) in [6.45, 7) is 13.8. The number of oxazole rings is 1. The van der Waals surface area contributed by atoms with Gasteiger partial charge in [-0.3, -0.25) is 0 Å². The lowest BCUT2D eigenvalue weighted by molar-refractivity contribution is 0.314. The molecule has 2 rings (SSSR count). The minimum atomic E-state index is 0.117. The molecule has 1 atom stereocenters. The van der Waals surface area contributed by atoms with Crippen LogP contribution in [0.25, 0.3) is 11.1 Å². The Kier molecular flexibility index (Phi) is 4.16. The third-order valence-electron chi connectivity index (χ3n) is 3.76. The van der Waals surface area contributed by atoms with E-state index < -0.39 is 0 Å². The quantitative estimate of drug-likeness (QED) is 0.897. The lowest BCUT2D eigenvalue weighted by Gasteiger charge is -2.22. The van der Waals surface area contributed by atoms with E-state index >= 15 is 0 Å². The van der Waals surface area contributed by atoms with Crippen LogP contribution >= 0.6 is 0 Å². The molecule has 0 radical (unpaired) electrons. The molecule has 0 spiro atoms. The third kappa shape index (κ3) is 3.85. The first kappa shape index (κ1) is 16.0. The summed E-state index contributed by atoms with van der Waals surface area (Å²) in [4.78, 5) is 4.70. The van der Waals surface area contributed by atoms with E-state index in [4.69, 9.17) is 15.1 Å². The Balaban J connectivity index is 2.38. The summed E-state index contributed by atoms with van der Waals surface area (Å²) >= 11 is 0. The number of fused-ring (bicyclic) bond motifs is 1. The fourth-order valence-corrected chi connectivity index (χ4v) is 2.60. The summed E-state index contributed by atoms with van der Waals surface area (Å²) in [5, 5.41) is 0. The summed E-state index contributed by atoms with van der Waals surface area (Å²) in [6.07, 6.45) is 0.975. The van der Waals surface area contributed by atoms with Crippen molar-refractivity contribution in [1.29, 1.82) is 0 Å². The summed E-state index contributed by atoms with van der Waals surface area (Å²) < 4.78 is 5.94. The zero-order valence-corrected chi connectivity index (χ0v) is 14.2. The fraction of sp³-hybridized carbons (Fsp3) is 0.611. The van der Waals surface area contributed by atoms with Crippen LogP contribution in [0.3, 0.4) is 0 Å². The Bertz CT molecular complexity index is 614. The van der Waals surface area contributed by atoms with Gasteiger partial charge in [0.1, 0.15) is 5.52 Å². The molecule has 2 N–H and O–H groups in total. The number of benzene rings is 1. The van der Waals surface area contributed by atoms with Crippen molar-refractivity contribution in [3.8, 4) is 0 Å². The average molecular weight is 288 g/mol. The van der Waals surface area contributed by atoms with Crippen molar-refractivity contribution in [3.05, 3.63) is 29.7 Å². The molecular formula is C18H28N2O. The number of nitrogens with zero attached hydrogens (tertiary/aromatic N) is 1. The van der Waals surface area contributed by atoms with Gasteiger partial charge in [-0.05, 0) is 34.9 Å². The van der Waals surface area contributed by atoms with Crippen molar-refractivity contribution in [2.24, 2.45) is 11.1 Å². The Morgan fingerprint density at radius 3 is 2.33 bits per heavy atom. The number of rotatable bonds is 3. The molecule has 1 unspecified atom stereocenters. The van der Waals surface area contributed by atoms with Crippen LogP contribution in [0.15, 0.2) is 22.6 Å². The van der Waals surface area contributed by atoms with E-state index in [1.165, 1.54) is 5.56 Å². The van der Waals surface area contributed by atoms with Gasteiger partial charge in [0, 0.05) is 12.5 Å². The molecule has 0 saturated carbocycles. The maximum atomic E-state index is 5.94. The van der Waals surface area contributed by atoms with E-state index in [0.717, 1.165) is 23.4 Å². The first-order valence-corrected chi connectivity index (χ1v) is 7.71. The highest BCUT2D eigenvalue weighted by molar-refractivity contribution is 5.73. The maximum absolute atomic E-state index is 5.94. The number of nitrogens with two attached hydrogens (primary N) is 1. The highest BCUT2D eigenvalue weighted by Gasteiger charge is 2.24. The van der Waals surface area contributed by atoms with Crippen LogP contribution in [0.5, 0.6) is 0 Å². The molecule has 0 aliphatic rings. The largest absolute Gasteiger partial charge is 0.440 e. The predicted molar refractivity (Wildman–Crippen MR) is 88.6 cm³/mol. The minimum Gasteiger partial charge on any atom is -0.440 e. The molecule has 1 aromatic heterocycles. The molecule has 0 aliphatic carbocycles. The molecule has 0 aliphatic heterocycles. The van der Waals surface area contributed by atoms with Crippen molar-refractivity contribution in [2.75, 3.05) is 6.54 Å². The second-order valence-corrected chi connectivity index (χ2v) is 8.18. The fourth-order valence-electron chi connectivity index (χ4n) is 2.60. The van der Waals surface area contributed by atoms with Crippen molar-refractivity contribution >= 4 is 11.1 Å². The second-order valence-electron chi connectivity index (χ2n) is 8.18. The molecule has 3 nitrogen and oxygen atoms in total. The summed E-state index contributed by atoms with van der Waals surface area (Å²) in [5.74, 6) is 0.948. The monoisotopic (exact) mass is 288 g/mol. The molecule has 0 saturated heterocycles. The molecule has 0 fully saturated rings. The Hall–Kier alpha value is -1.35. The maximum Gasteiger partial charge on any atom is 0.199 e. The minimum absolute atomic E-state index is 0.117. The number of hydrogen-bond donors (Lipinski definition) is 1. The van der Waals surface area contributed by atoms with Gasteiger partial charge in [-0.25, -0.2) is 4.98 Å². The lowest BCUT2D eigenvalue weighted by atomic mass is 9.84. The second kappa shape index (κ2) is 5.45. The van der Waals surface area contributed by atoms with Crippen LogP contribution in [-0.4, -0.2) is 11.5 Å². The van der Waals surface area contributed by atoms with Gasteiger partial charge in [0.25, 0.3) is 0 Å². The van der Waals surface area contributed by atoms with Gasteiger partial charge in [-0.1, -0.05) is 47.6 Å². The van der Waals surface area contributed by atoms with E-state index in [-0.39, 0.29) is 16.7 Å². The average Bonchev–Trinajstić information content (AvgIpc) is 2.76. The molecule has 116 valence electrons. The van der Waals surface area contributed by atoms with Crippen molar-refractivity contribution in [3.63, 3.8) is 0 Å². The van der Waals surface area contributed by atoms with Crippen molar-refractivity contribution in [2.45, 2.75) is 59.3 Å². The van der Waals surface area contributed by atoms with E-state index in [1.807, 2.05) is 6.07 Å². The first-order valence-electron chi connectivity index (χ1n) is 7.71. The van der Waals surface area contributed by atoms with Crippen LogP contribution in [0.2, 0.25) is 0 Å². The standard InChI is InChI=1S/C18H28N2O/c1-17(2,3)10-12(11-19)16-20-14-9-13(18(4,5)6)7-8-15(14)21-16/h7-9,12H,10-11,19H2,1-6H3. The van der Waals surface area contributed by atoms with Crippen molar-refractivity contribution in [1.82, 2.24) is 4.98 Å². The first-order chi connectivity index (χ1) is 9.60. The van der Waals surface area contributed by atoms with Gasteiger partial charge >= 0.3 is 0 Å². The summed E-state index contributed by atoms with van der Waals surface area (Å²) in [7, 11) is 0. The van der Waals surface area contributed by atoms with Gasteiger partial charge in [-0.2, -0.15) is 0 Å². The highest BCUT2D eigenvalue weighted by atomic mass is 16.3. The summed E-state index contributed by atoms with van der Waals surface area (Å²) in [5.41, 5.74) is 9.32. The Morgan fingerprint density at radius 2 is 1.81 bits per heavy atom. The zero-order chi connectivity index (χ0) is 15.8. The molecule has 3 heteroatoms. The molecule has 1 aromatic carbocycles. The van der Waals surface area contributed by atoms with Gasteiger partial charge in [-0.15, -0.1) is 0 Å². The number of aromatic nitrogens is 1. The van der Waals surface area contributed by atoms with Gasteiger partial charge in [0.2, 0.25) is 0 Å². The SMILES string of the molecule is CC(C)(C)CC(CN)c1nc2cc(C(C)(C)C)ccc2o1. The molecule has 0 amide bonds. The molecular weight excluding hydrogens is 260 g/mol. The lowest BCUT2D eigenvalue weighted by Crippen LogP contribution is -2.19. The normalized spacial score (nSPS) is 14.6. The van der Waals surface area contributed by atoms with Crippen LogP contribution in [0.4, 0.5) is 0 Å². The third-order valence-corrected chi connectivity index (χ3v) is 3.76. The van der Waals surface area contributed by atoms with E-state index in [1.54, 1.807) is 0 Å². The van der Waals surface area contributed by atoms with Crippen LogP contribution in [0.1, 0.15) is 65.3 Å². The van der Waals surface area contributed by atoms with Gasteiger partial charge in [0.15, 0.2) is 11.5 Å². The topological polar surface area (TPSA) is 52.0 Å².